The standard InChI is InChI=1S/C29H29BrN6O2/c30-21-11-9-19(10-12-21)28(38)35-22-6-3-5-20(17-22)29(32,13-16-36-14-1-2-15-36)26-23-7-4-8-24(27(31)37)25(23)33-18-34-26/h3-12,17-18H,1-2,13-16,32H2,(H2,31,37)(H,35,38). The van der Waals surface area contributed by atoms with Gasteiger partial charge >= 0.3 is 0 Å². The SMILES string of the molecule is NC(=O)c1cccc2c(C(N)(CCN3CCCC3)c3cccc(NC(=O)c4ccc(Br)cc4)c3)ncnc12. The molecule has 5 N–H and O–H groups in total. The lowest BCUT2D eigenvalue weighted by molar-refractivity contribution is 0.0998. The maximum Gasteiger partial charge on any atom is 0.255 e. The molecule has 1 atom stereocenters. The number of fused-ring (bicyclic) bond motifs is 1. The Morgan fingerprint density at radius 1 is 1.00 bits per heavy atom. The van der Waals surface area contributed by atoms with Crippen molar-refractivity contribution >= 4 is 44.3 Å². The monoisotopic (exact) mass is 572 g/mol. The van der Waals surface area contributed by atoms with Crippen LogP contribution >= 0.6 is 15.9 Å². The third-order valence-corrected chi connectivity index (χ3v) is 7.64. The fraction of sp³-hybridized carbons (Fsp3) is 0.241. The number of carbonyl (C=O) groups is 2. The van der Waals surface area contributed by atoms with E-state index in [9.17, 15) is 9.59 Å². The summed E-state index contributed by atoms with van der Waals surface area (Å²) >= 11 is 3.40. The number of carbonyl (C=O) groups excluding carboxylic acids is 2. The number of hydrogen-bond acceptors (Lipinski definition) is 6. The van der Waals surface area contributed by atoms with Crippen LogP contribution in [0.5, 0.6) is 0 Å². The van der Waals surface area contributed by atoms with Gasteiger partial charge in [-0.25, -0.2) is 9.97 Å². The van der Waals surface area contributed by atoms with Crippen LogP contribution in [0.4, 0.5) is 5.69 Å². The summed E-state index contributed by atoms with van der Waals surface area (Å²) in [5.74, 6) is -0.773. The smallest absolute Gasteiger partial charge is 0.255 e. The van der Waals surface area contributed by atoms with E-state index in [1.807, 2.05) is 42.5 Å². The average molecular weight is 573 g/mol. The number of nitrogens with zero attached hydrogens (tertiary/aromatic N) is 3. The minimum atomic E-state index is -1.02. The van der Waals surface area contributed by atoms with Crippen LogP contribution in [-0.4, -0.2) is 46.3 Å². The van der Waals surface area contributed by atoms with Crippen LogP contribution in [0.3, 0.4) is 0 Å². The maximum atomic E-state index is 12.9. The van der Waals surface area contributed by atoms with E-state index in [1.54, 1.807) is 24.3 Å². The fourth-order valence-electron chi connectivity index (χ4n) is 5.06. The lowest BCUT2D eigenvalue weighted by atomic mass is 9.82. The van der Waals surface area contributed by atoms with Gasteiger partial charge in [0, 0.05) is 27.7 Å². The number of aromatic nitrogens is 2. The van der Waals surface area contributed by atoms with Crippen molar-refractivity contribution in [3.8, 4) is 0 Å². The van der Waals surface area contributed by atoms with E-state index in [2.05, 4.69) is 36.1 Å². The van der Waals surface area contributed by atoms with Gasteiger partial charge in [0.25, 0.3) is 11.8 Å². The molecule has 0 saturated carbocycles. The molecule has 0 spiro atoms. The van der Waals surface area contributed by atoms with E-state index in [1.165, 1.54) is 19.2 Å². The zero-order chi connectivity index (χ0) is 26.7. The van der Waals surface area contributed by atoms with E-state index < -0.39 is 11.4 Å². The van der Waals surface area contributed by atoms with Crippen LogP contribution in [0.25, 0.3) is 10.9 Å². The zero-order valence-electron chi connectivity index (χ0n) is 20.9. The third-order valence-electron chi connectivity index (χ3n) is 7.12. The van der Waals surface area contributed by atoms with Crippen molar-refractivity contribution in [2.24, 2.45) is 11.5 Å². The van der Waals surface area contributed by atoms with Gasteiger partial charge in [-0.3, -0.25) is 9.59 Å². The molecule has 1 aliphatic heterocycles. The van der Waals surface area contributed by atoms with E-state index in [0.29, 0.717) is 39.8 Å². The minimum absolute atomic E-state index is 0.215. The van der Waals surface area contributed by atoms with Crippen molar-refractivity contribution in [2.45, 2.75) is 24.8 Å². The maximum absolute atomic E-state index is 12.9. The summed E-state index contributed by atoms with van der Waals surface area (Å²) in [6, 6.07) is 20.0. The molecule has 3 aromatic carbocycles. The number of benzene rings is 3. The predicted molar refractivity (Wildman–Crippen MR) is 152 cm³/mol. The topological polar surface area (TPSA) is 127 Å². The van der Waals surface area contributed by atoms with Gasteiger partial charge in [0.05, 0.1) is 22.3 Å². The third kappa shape index (κ3) is 5.31. The molecule has 1 unspecified atom stereocenters. The molecular formula is C29H29BrN6O2. The second kappa shape index (κ2) is 11.0. The molecule has 8 nitrogen and oxygen atoms in total. The normalized spacial score (nSPS) is 15.3. The lowest BCUT2D eigenvalue weighted by Gasteiger charge is -2.32. The summed E-state index contributed by atoms with van der Waals surface area (Å²) in [5, 5.41) is 3.66. The van der Waals surface area contributed by atoms with Crippen molar-refractivity contribution in [3.63, 3.8) is 0 Å². The number of nitrogens with two attached hydrogens (primary N) is 2. The first kappa shape index (κ1) is 26.0. The molecule has 2 heterocycles. The Morgan fingerprint density at radius 3 is 2.47 bits per heavy atom. The van der Waals surface area contributed by atoms with E-state index >= 15 is 0 Å². The molecule has 9 heteroatoms. The van der Waals surface area contributed by atoms with Crippen molar-refractivity contribution in [3.05, 3.63) is 99.9 Å². The molecule has 0 bridgehead atoms. The van der Waals surface area contributed by atoms with Crippen LogP contribution in [0, 0.1) is 0 Å². The quantitative estimate of drug-likeness (QED) is 0.286. The highest BCUT2D eigenvalue weighted by atomic mass is 79.9. The molecule has 1 aromatic heterocycles. The Morgan fingerprint density at radius 2 is 1.74 bits per heavy atom. The first-order valence-electron chi connectivity index (χ1n) is 12.6. The van der Waals surface area contributed by atoms with Crippen LogP contribution < -0.4 is 16.8 Å². The highest BCUT2D eigenvalue weighted by molar-refractivity contribution is 9.10. The number of amides is 2. The number of rotatable bonds is 8. The highest BCUT2D eigenvalue weighted by Gasteiger charge is 2.34. The molecule has 0 radical (unpaired) electrons. The van der Waals surface area contributed by atoms with Gasteiger partial charge in [0.1, 0.15) is 6.33 Å². The fourth-order valence-corrected chi connectivity index (χ4v) is 5.33. The Labute approximate surface area is 229 Å². The largest absolute Gasteiger partial charge is 0.366 e. The van der Waals surface area contributed by atoms with Gasteiger partial charge in [-0.05, 0) is 80.4 Å². The van der Waals surface area contributed by atoms with Gasteiger partial charge in [-0.2, -0.15) is 0 Å². The van der Waals surface area contributed by atoms with Gasteiger partial charge in [0.2, 0.25) is 0 Å². The number of nitrogens with one attached hydrogen (secondary N) is 1. The first-order valence-corrected chi connectivity index (χ1v) is 13.4. The summed E-state index contributed by atoms with van der Waals surface area (Å²) in [5.41, 5.74) is 15.3. The first-order chi connectivity index (χ1) is 18.3. The molecule has 1 saturated heterocycles. The predicted octanol–water partition coefficient (Wildman–Crippen LogP) is 4.43. The highest BCUT2D eigenvalue weighted by Crippen LogP contribution is 2.35. The zero-order valence-corrected chi connectivity index (χ0v) is 22.4. The van der Waals surface area contributed by atoms with Gasteiger partial charge < -0.3 is 21.7 Å². The molecule has 1 fully saturated rings. The van der Waals surface area contributed by atoms with Gasteiger partial charge in [-0.15, -0.1) is 0 Å². The van der Waals surface area contributed by atoms with Crippen LogP contribution in [-0.2, 0) is 5.54 Å². The molecule has 2 amide bonds. The summed E-state index contributed by atoms with van der Waals surface area (Å²) in [4.78, 5) is 36.4. The van der Waals surface area contributed by atoms with E-state index in [4.69, 9.17) is 11.5 Å². The van der Waals surface area contributed by atoms with Crippen LogP contribution in [0.1, 0.15) is 51.2 Å². The molecule has 4 aromatic rings. The number of para-hydroxylation sites is 1. The molecular weight excluding hydrogens is 544 g/mol. The summed E-state index contributed by atoms with van der Waals surface area (Å²) in [7, 11) is 0. The number of halogens is 1. The number of likely N-dealkylation sites (tertiary alicyclic amines) is 1. The van der Waals surface area contributed by atoms with E-state index in [-0.39, 0.29) is 5.91 Å². The summed E-state index contributed by atoms with van der Waals surface area (Å²) < 4.78 is 0.901. The summed E-state index contributed by atoms with van der Waals surface area (Å²) in [6.45, 7) is 2.86. The Bertz CT molecular complexity index is 1490. The second-order valence-corrected chi connectivity index (χ2v) is 10.5. The Balaban J connectivity index is 1.56. The Kier molecular flexibility index (Phi) is 7.51. The van der Waals surface area contributed by atoms with Crippen molar-refractivity contribution < 1.29 is 9.59 Å². The van der Waals surface area contributed by atoms with E-state index in [0.717, 1.165) is 29.7 Å². The number of primary amides is 1. The van der Waals surface area contributed by atoms with Crippen LogP contribution in [0.2, 0.25) is 0 Å². The molecule has 194 valence electrons. The van der Waals surface area contributed by atoms with Crippen molar-refractivity contribution in [2.75, 3.05) is 25.0 Å². The van der Waals surface area contributed by atoms with Crippen molar-refractivity contribution in [1.29, 1.82) is 0 Å². The molecule has 0 aliphatic carbocycles. The average Bonchev–Trinajstić information content (AvgIpc) is 3.45. The molecule has 38 heavy (non-hydrogen) atoms. The van der Waals surface area contributed by atoms with Crippen molar-refractivity contribution in [1.82, 2.24) is 14.9 Å². The minimum Gasteiger partial charge on any atom is -0.366 e. The number of hydrogen-bond donors (Lipinski definition) is 3. The number of anilines is 1. The Hall–Kier alpha value is -3.66. The lowest BCUT2D eigenvalue weighted by Crippen LogP contribution is -2.42. The summed E-state index contributed by atoms with van der Waals surface area (Å²) in [6.07, 6.45) is 4.37. The molecule has 1 aliphatic rings. The van der Waals surface area contributed by atoms with Gasteiger partial charge in [0.15, 0.2) is 0 Å². The molecule has 5 rings (SSSR count). The van der Waals surface area contributed by atoms with Gasteiger partial charge in [-0.1, -0.05) is 40.2 Å². The second-order valence-electron chi connectivity index (χ2n) is 9.60. The van der Waals surface area contributed by atoms with Crippen LogP contribution in [0.15, 0.2) is 77.5 Å².